The second-order valence-electron chi connectivity index (χ2n) is 3.82. The van der Waals surface area contributed by atoms with Crippen LogP contribution in [0.3, 0.4) is 0 Å². The lowest BCUT2D eigenvalue weighted by atomic mass is 10.2. The van der Waals surface area contributed by atoms with Crippen molar-refractivity contribution in [2.45, 2.75) is 6.42 Å². The number of hydrogen-bond donors (Lipinski definition) is 0. The molecular weight excluding hydrogens is 362 g/mol. The van der Waals surface area contributed by atoms with Crippen molar-refractivity contribution in [2.75, 3.05) is 26.8 Å². The zero-order chi connectivity index (χ0) is 14.3. The van der Waals surface area contributed by atoms with Crippen LogP contribution in [0.5, 0.6) is 0 Å². The summed E-state index contributed by atoms with van der Waals surface area (Å²) in [5, 5.41) is 8.61. The number of amides is 1. The molecule has 4 nitrogen and oxygen atoms in total. The van der Waals surface area contributed by atoms with Crippen LogP contribution in [-0.4, -0.2) is 37.6 Å². The van der Waals surface area contributed by atoms with E-state index in [-0.39, 0.29) is 18.1 Å². The summed E-state index contributed by atoms with van der Waals surface area (Å²) in [6, 6.07) is 6.04. The lowest BCUT2D eigenvalue weighted by molar-refractivity contribution is 0.0699. The lowest BCUT2D eigenvalue weighted by Gasteiger charge is -2.21. The molecule has 1 aromatic carbocycles. The Kier molecular flexibility index (Phi) is 6.73. The van der Waals surface area contributed by atoms with Crippen molar-refractivity contribution >= 4 is 28.5 Å². The minimum atomic E-state index is -0.374. The Morgan fingerprint density at radius 1 is 1.53 bits per heavy atom. The number of rotatable bonds is 6. The van der Waals surface area contributed by atoms with Crippen molar-refractivity contribution < 1.29 is 13.9 Å². The van der Waals surface area contributed by atoms with Crippen LogP contribution in [-0.2, 0) is 4.74 Å². The fraction of sp³-hybridized carbons (Fsp3) is 0.385. The van der Waals surface area contributed by atoms with Gasteiger partial charge in [-0.05, 0) is 40.8 Å². The SMILES string of the molecule is COCCN(CCC#N)C(=O)c1ccc(F)cc1I. The molecule has 0 radical (unpaired) electrons. The number of nitriles is 1. The van der Waals surface area contributed by atoms with E-state index in [0.29, 0.717) is 28.8 Å². The molecule has 0 fully saturated rings. The van der Waals surface area contributed by atoms with E-state index in [1.54, 1.807) is 12.0 Å². The summed E-state index contributed by atoms with van der Waals surface area (Å²) in [5.74, 6) is -0.585. The molecule has 0 aliphatic carbocycles. The molecule has 0 unspecified atom stereocenters. The summed E-state index contributed by atoms with van der Waals surface area (Å²) < 4.78 is 18.5. The largest absolute Gasteiger partial charge is 0.383 e. The molecule has 1 amide bonds. The fourth-order valence-corrected chi connectivity index (χ4v) is 2.24. The van der Waals surface area contributed by atoms with Crippen molar-refractivity contribution in [3.63, 3.8) is 0 Å². The highest BCUT2D eigenvalue weighted by molar-refractivity contribution is 14.1. The van der Waals surface area contributed by atoms with Gasteiger partial charge in [-0.3, -0.25) is 4.79 Å². The zero-order valence-corrected chi connectivity index (χ0v) is 12.7. The average molecular weight is 376 g/mol. The van der Waals surface area contributed by atoms with Gasteiger partial charge in [0.05, 0.1) is 24.7 Å². The van der Waals surface area contributed by atoms with Crippen molar-refractivity contribution in [1.29, 1.82) is 5.26 Å². The normalized spacial score (nSPS) is 10.0. The van der Waals surface area contributed by atoms with Gasteiger partial charge in [-0.15, -0.1) is 0 Å². The molecule has 0 atom stereocenters. The van der Waals surface area contributed by atoms with Gasteiger partial charge in [-0.25, -0.2) is 4.39 Å². The molecule has 6 heteroatoms. The van der Waals surface area contributed by atoms with E-state index >= 15 is 0 Å². The molecule has 0 heterocycles. The standard InChI is InChI=1S/C13H14FIN2O2/c1-19-8-7-17(6-2-5-16)13(18)11-4-3-10(14)9-12(11)15/h3-4,9H,2,6-8H2,1H3. The summed E-state index contributed by atoms with van der Waals surface area (Å²) >= 11 is 1.93. The second-order valence-corrected chi connectivity index (χ2v) is 4.98. The number of carbonyl (C=O) groups excluding carboxylic acids is 1. The van der Waals surface area contributed by atoms with Gasteiger partial charge < -0.3 is 9.64 Å². The molecular formula is C13H14FIN2O2. The van der Waals surface area contributed by atoms with Crippen LogP contribution >= 0.6 is 22.6 Å². The number of hydrogen-bond acceptors (Lipinski definition) is 3. The number of nitrogens with zero attached hydrogens (tertiary/aromatic N) is 2. The number of methoxy groups -OCH3 is 1. The highest BCUT2D eigenvalue weighted by atomic mass is 127. The van der Waals surface area contributed by atoms with E-state index in [0.717, 1.165) is 0 Å². The third-order valence-electron chi connectivity index (χ3n) is 2.51. The Balaban J connectivity index is 2.88. The van der Waals surface area contributed by atoms with E-state index in [4.69, 9.17) is 10.00 Å². The van der Waals surface area contributed by atoms with Crippen LogP contribution < -0.4 is 0 Å². The van der Waals surface area contributed by atoms with Crippen LogP contribution in [0.4, 0.5) is 4.39 Å². The van der Waals surface area contributed by atoms with Crippen molar-refractivity contribution in [3.05, 3.63) is 33.1 Å². The van der Waals surface area contributed by atoms with E-state index in [2.05, 4.69) is 0 Å². The van der Waals surface area contributed by atoms with Gasteiger partial charge in [0.25, 0.3) is 5.91 Å². The topological polar surface area (TPSA) is 53.3 Å². The lowest BCUT2D eigenvalue weighted by Crippen LogP contribution is -2.35. The first-order chi connectivity index (χ1) is 9.10. The first-order valence-electron chi connectivity index (χ1n) is 5.70. The molecule has 102 valence electrons. The van der Waals surface area contributed by atoms with Crippen molar-refractivity contribution in [1.82, 2.24) is 4.90 Å². The summed E-state index contributed by atoms with van der Waals surface area (Å²) in [6.45, 7) is 1.14. The third-order valence-corrected chi connectivity index (χ3v) is 3.40. The maximum absolute atomic E-state index is 13.0. The van der Waals surface area contributed by atoms with E-state index in [1.165, 1.54) is 18.2 Å². The van der Waals surface area contributed by atoms with Crippen LogP contribution in [0.25, 0.3) is 0 Å². The van der Waals surface area contributed by atoms with Gasteiger partial charge >= 0.3 is 0 Å². The minimum Gasteiger partial charge on any atom is -0.383 e. The van der Waals surface area contributed by atoms with Gasteiger partial charge in [0.1, 0.15) is 5.82 Å². The maximum Gasteiger partial charge on any atom is 0.255 e. The quantitative estimate of drug-likeness (QED) is 0.717. The molecule has 0 aromatic heterocycles. The Morgan fingerprint density at radius 3 is 2.84 bits per heavy atom. The van der Waals surface area contributed by atoms with Crippen LogP contribution in [0.15, 0.2) is 18.2 Å². The number of benzene rings is 1. The van der Waals surface area contributed by atoms with Crippen molar-refractivity contribution in [2.24, 2.45) is 0 Å². The third kappa shape index (κ3) is 4.76. The zero-order valence-electron chi connectivity index (χ0n) is 10.5. The molecule has 0 spiro atoms. The smallest absolute Gasteiger partial charge is 0.255 e. The van der Waals surface area contributed by atoms with E-state index in [1.807, 2.05) is 28.7 Å². The Hall–Kier alpha value is -1.20. The molecule has 0 aliphatic rings. The Labute approximate surface area is 125 Å². The molecule has 1 rings (SSSR count). The molecule has 0 saturated heterocycles. The van der Waals surface area contributed by atoms with Crippen molar-refractivity contribution in [3.8, 4) is 6.07 Å². The summed E-state index contributed by atoms with van der Waals surface area (Å²) in [5.41, 5.74) is 0.441. The number of ether oxygens (including phenoxy) is 1. The monoisotopic (exact) mass is 376 g/mol. The summed E-state index contributed by atoms with van der Waals surface area (Å²) in [6.07, 6.45) is 0.257. The Morgan fingerprint density at radius 2 is 2.26 bits per heavy atom. The predicted octanol–water partition coefficient (Wildman–Crippen LogP) is 2.43. The van der Waals surface area contributed by atoms with Gasteiger partial charge in [0.2, 0.25) is 0 Å². The summed E-state index contributed by atoms with van der Waals surface area (Å²) in [7, 11) is 1.55. The van der Waals surface area contributed by atoms with Gasteiger partial charge in [0, 0.05) is 23.8 Å². The first-order valence-corrected chi connectivity index (χ1v) is 6.78. The highest BCUT2D eigenvalue weighted by Gasteiger charge is 2.18. The molecule has 0 aliphatic heterocycles. The number of halogens is 2. The van der Waals surface area contributed by atoms with Gasteiger partial charge in [-0.1, -0.05) is 0 Å². The fourth-order valence-electron chi connectivity index (χ4n) is 1.53. The maximum atomic E-state index is 13.0. The minimum absolute atomic E-state index is 0.211. The van der Waals surface area contributed by atoms with Gasteiger partial charge in [0.15, 0.2) is 0 Å². The second kappa shape index (κ2) is 8.07. The molecule has 0 saturated carbocycles. The summed E-state index contributed by atoms with van der Waals surface area (Å²) in [4.78, 5) is 13.9. The number of carbonyl (C=O) groups is 1. The molecule has 0 N–H and O–H groups in total. The predicted molar refractivity (Wildman–Crippen MR) is 77.1 cm³/mol. The van der Waals surface area contributed by atoms with Crippen LogP contribution in [0, 0.1) is 20.7 Å². The molecule has 1 aromatic rings. The average Bonchev–Trinajstić information content (AvgIpc) is 2.38. The molecule has 0 bridgehead atoms. The van der Waals surface area contributed by atoms with Gasteiger partial charge in [-0.2, -0.15) is 5.26 Å². The molecule has 19 heavy (non-hydrogen) atoms. The first kappa shape index (κ1) is 15.9. The Bertz CT molecular complexity index is 488. The van der Waals surface area contributed by atoms with Crippen LogP contribution in [0.2, 0.25) is 0 Å². The van der Waals surface area contributed by atoms with Crippen LogP contribution in [0.1, 0.15) is 16.8 Å². The highest BCUT2D eigenvalue weighted by Crippen LogP contribution is 2.16. The van der Waals surface area contributed by atoms with E-state index in [9.17, 15) is 9.18 Å². The van der Waals surface area contributed by atoms with E-state index < -0.39 is 0 Å².